The van der Waals surface area contributed by atoms with Crippen molar-refractivity contribution < 1.29 is 19.2 Å². The van der Waals surface area contributed by atoms with Gasteiger partial charge in [0.25, 0.3) is 11.6 Å². The van der Waals surface area contributed by atoms with Crippen molar-refractivity contribution >= 4 is 17.4 Å². The maximum Gasteiger partial charge on any atom is 0.270 e. The molecule has 1 N–H and O–H groups in total. The van der Waals surface area contributed by atoms with Gasteiger partial charge in [0, 0.05) is 38.0 Å². The fraction of sp³-hybridized carbons (Fsp3) is 0.250. The molecule has 170 valence electrons. The predicted molar refractivity (Wildman–Crippen MR) is 123 cm³/mol. The van der Waals surface area contributed by atoms with Crippen LogP contribution in [0.3, 0.4) is 0 Å². The van der Waals surface area contributed by atoms with Gasteiger partial charge in [-0.25, -0.2) is 4.98 Å². The zero-order chi connectivity index (χ0) is 23.2. The molecule has 2 aromatic carbocycles. The molecule has 1 atom stereocenters. The molecule has 0 bridgehead atoms. The van der Waals surface area contributed by atoms with Crippen LogP contribution in [0.25, 0.3) is 0 Å². The monoisotopic (exact) mass is 448 g/mol. The van der Waals surface area contributed by atoms with E-state index in [9.17, 15) is 14.9 Å². The molecule has 1 aliphatic heterocycles. The van der Waals surface area contributed by atoms with Crippen molar-refractivity contribution in [1.29, 1.82) is 0 Å². The zero-order valence-electron chi connectivity index (χ0n) is 18.1. The van der Waals surface area contributed by atoms with Crippen molar-refractivity contribution in [2.24, 2.45) is 0 Å². The van der Waals surface area contributed by atoms with E-state index in [1.165, 1.54) is 18.2 Å². The lowest BCUT2D eigenvalue weighted by atomic mass is 10.1. The molecule has 1 unspecified atom stereocenters. The summed E-state index contributed by atoms with van der Waals surface area (Å²) in [7, 11) is 0. The lowest BCUT2D eigenvalue weighted by Gasteiger charge is -2.32. The van der Waals surface area contributed by atoms with Gasteiger partial charge in [-0.2, -0.15) is 0 Å². The molecule has 1 saturated heterocycles. The summed E-state index contributed by atoms with van der Waals surface area (Å²) in [6, 6.07) is 16.7. The van der Waals surface area contributed by atoms with Gasteiger partial charge in [0.15, 0.2) is 0 Å². The topological polar surface area (TPSA) is 107 Å². The first-order valence-corrected chi connectivity index (χ1v) is 10.6. The van der Waals surface area contributed by atoms with Crippen molar-refractivity contribution in [3.8, 4) is 11.5 Å². The van der Waals surface area contributed by atoms with Crippen molar-refractivity contribution in [2.75, 3.05) is 24.6 Å². The highest BCUT2D eigenvalue weighted by molar-refractivity contribution is 5.97. The SMILES string of the molecule is CC1CN(c2ccc(CNC(=O)c3cc([N+](=O)[O-])ccc3Oc3ccccc3)cn2)CCO1. The van der Waals surface area contributed by atoms with Crippen LogP contribution in [0.2, 0.25) is 0 Å². The molecule has 33 heavy (non-hydrogen) atoms. The molecule has 1 fully saturated rings. The predicted octanol–water partition coefficient (Wildman–Crippen LogP) is 3.94. The highest BCUT2D eigenvalue weighted by Gasteiger charge is 2.20. The third-order valence-corrected chi connectivity index (χ3v) is 5.22. The first kappa shape index (κ1) is 22.2. The number of amides is 1. The number of hydrogen-bond acceptors (Lipinski definition) is 7. The number of hydrogen-bond donors (Lipinski definition) is 1. The van der Waals surface area contributed by atoms with E-state index >= 15 is 0 Å². The number of rotatable bonds is 7. The molecule has 0 aliphatic carbocycles. The van der Waals surface area contributed by atoms with Crippen molar-refractivity contribution in [1.82, 2.24) is 10.3 Å². The van der Waals surface area contributed by atoms with Crippen LogP contribution < -0.4 is 15.0 Å². The summed E-state index contributed by atoms with van der Waals surface area (Å²) in [4.78, 5) is 30.2. The third kappa shape index (κ3) is 5.64. The van der Waals surface area contributed by atoms with Gasteiger partial charge in [-0.1, -0.05) is 24.3 Å². The summed E-state index contributed by atoms with van der Waals surface area (Å²) in [5.41, 5.74) is 0.704. The molecule has 4 rings (SSSR count). The summed E-state index contributed by atoms with van der Waals surface area (Å²) >= 11 is 0. The number of ether oxygens (including phenoxy) is 2. The van der Waals surface area contributed by atoms with Gasteiger partial charge in [-0.15, -0.1) is 0 Å². The number of anilines is 1. The average Bonchev–Trinajstić information content (AvgIpc) is 2.83. The number of carbonyl (C=O) groups excluding carboxylic acids is 1. The summed E-state index contributed by atoms with van der Waals surface area (Å²) in [6.07, 6.45) is 1.87. The normalized spacial score (nSPS) is 15.7. The number of non-ortho nitro benzene ring substituents is 1. The van der Waals surface area contributed by atoms with Crippen molar-refractivity contribution in [3.05, 3.63) is 88.1 Å². The second-order valence-electron chi connectivity index (χ2n) is 7.69. The number of aromatic nitrogens is 1. The molecule has 1 aliphatic rings. The largest absolute Gasteiger partial charge is 0.457 e. The molecule has 0 saturated carbocycles. The number of nitrogens with one attached hydrogen (secondary N) is 1. The number of nitro benzene ring substituents is 1. The number of nitro groups is 1. The number of carbonyl (C=O) groups is 1. The molecule has 9 nitrogen and oxygen atoms in total. The number of pyridine rings is 1. The minimum atomic E-state index is -0.543. The highest BCUT2D eigenvalue weighted by atomic mass is 16.6. The maximum absolute atomic E-state index is 12.9. The molecule has 1 aromatic heterocycles. The minimum Gasteiger partial charge on any atom is -0.457 e. The van der Waals surface area contributed by atoms with Gasteiger partial charge < -0.3 is 19.7 Å². The molecule has 2 heterocycles. The molecule has 0 spiro atoms. The van der Waals surface area contributed by atoms with Crippen LogP contribution in [0.5, 0.6) is 11.5 Å². The lowest BCUT2D eigenvalue weighted by Crippen LogP contribution is -2.41. The second-order valence-corrected chi connectivity index (χ2v) is 7.69. The standard InChI is InChI=1S/C24H24N4O5/c1-17-16-27(11-12-32-17)23-10-7-18(14-25-23)15-26-24(29)21-13-19(28(30)31)8-9-22(21)33-20-5-3-2-4-6-20/h2-10,13-14,17H,11-12,15-16H2,1H3,(H,26,29). The Bertz CT molecular complexity index is 1120. The van der Waals surface area contributed by atoms with E-state index < -0.39 is 10.8 Å². The number of benzene rings is 2. The lowest BCUT2D eigenvalue weighted by molar-refractivity contribution is -0.384. The van der Waals surface area contributed by atoms with Crippen LogP contribution in [0.1, 0.15) is 22.8 Å². The Balaban J connectivity index is 1.46. The van der Waals surface area contributed by atoms with E-state index in [1.807, 2.05) is 25.1 Å². The summed E-state index contributed by atoms with van der Waals surface area (Å²) in [5, 5.41) is 14.0. The van der Waals surface area contributed by atoms with E-state index in [2.05, 4.69) is 15.2 Å². The van der Waals surface area contributed by atoms with E-state index in [0.717, 1.165) is 24.5 Å². The van der Waals surface area contributed by atoms with Gasteiger partial charge in [-0.3, -0.25) is 14.9 Å². The quantitative estimate of drug-likeness (QED) is 0.431. The number of para-hydroxylation sites is 1. The van der Waals surface area contributed by atoms with Gasteiger partial charge in [0.05, 0.1) is 23.2 Å². The summed E-state index contributed by atoms with van der Waals surface area (Å²) in [6.45, 7) is 4.47. The molecule has 3 aromatic rings. The van der Waals surface area contributed by atoms with Crippen LogP contribution >= 0.6 is 0 Å². The van der Waals surface area contributed by atoms with Crippen LogP contribution in [-0.2, 0) is 11.3 Å². The first-order valence-electron chi connectivity index (χ1n) is 10.6. The molecule has 0 radical (unpaired) electrons. The fourth-order valence-electron chi connectivity index (χ4n) is 3.53. The number of morpholine rings is 1. The molecule has 1 amide bonds. The Morgan fingerprint density at radius 2 is 2.06 bits per heavy atom. The Labute approximate surface area is 191 Å². The van der Waals surface area contributed by atoms with E-state index in [4.69, 9.17) is 9.47 Å². The van der Waals surface area contributed by atoms with E-state index in [1.54, 1.807) is 30.5 Å². The summed E-state index contributed by atoms with van der Waals surface area (Å²) in [5.74, 6) is 1.14. The number of nitrogens with zero attached hydrogens (tertiary/aromatic N) is 3. The smallest absolute Gasteiger partial charge is 0.270 e. The summed E-state index contributed by atoms with van der Waals surface area (Å²) < 4.78 is 11.4. The maximum atomic E-state index is 12.9. The van der Waals surface area contributed by atoms with Crippen LogP contribution in [0.15, 0.2) is 66.9 Å². The van der Waals surface area contributed by atoms with Gasteiger partial charge in [0.1, 0.15) is 17.3 Å². The first-order chi connectivity index (χ1) is 16.0. The van der Waals surface area contributed by atoms with Crippen molar-refractivity contribution in [3.63, 3.8) is 0 Å². The van der Waals surface area contributed by atoms with Crippen LogP contribution in [0, 0.1) is 10.1 Å². The molecule has 9 heteroatoms. The molecular weight excluding hydrogens is 424 g/mol. The Morgan fingerprint density at radius 3 is 2.76 bits per heavy atom. The van der Waals surface area contributed by atoms with Crippen LogP contribution in [0.4, 0.5) is 11.5 Å². The van der Waals surface area contributed by atoms with Crippen molar-refractivity contribution in [2.45, 2.75) is 19.6 Å². The molecular formula is C24H24N4O5. The Morgan fingerprint density at radius 1 is 1.24 bits per heavy atom. The average molecular weight is 448 g/mol. The van der Waals surface area contributed by atoms with E-state index in [-0.39, 0.29) is 29.6 Å². The minimum absolute atomic E-state index is 0.0833. The Hall–Kier alpha value is -3.98. The highest BCUT2D eigenvalue weighted by Crippen LogP contribution is 2.29. The third-order valence-electron chi connectivity index (χ3n) is 5.22. The second kappa shape index (κ2) is 10.1. The zero-order valence-corrected chi connectivity index (χ0v) is 18.1. The van der Waals surface area contributed by atoms with Gasteiger partial charge in [-0.05, 0) is 36.8 Å². The Kier molecular flexibility index (Phi) is 6.80. The fourth-order valence-corrected chi connectivity index (χ4v) is 3.53. The van der Waals surface area contributed by atoms with E-state index in [0.29, 0.717) is 12.4 Å². The van der Waals surface area contributed by atoms with Crippen LogP contribution in [-0.4, -0.2) is 41.6 Å². The van der Waals surface area contributed by atoms with Gasteiger partial charge in [0.2, 0.25) is 0 Å². The van der Waals surface area contributed by atoms with Gasteiger partial charge >= 0.3 is 0 Å².